The lowest BCUT2D eigenvalue weighted by molar-refractivity contribution is 0.584. The Morgan fingerprint density at radius 2 is 1.55 bits per heavy atom. The van der Waals surface area contributed by atoms with Crippen LogP contribution in [-0.2, 0) is 0 Å². The first-order valence-electron chi connectivity index (χ1n) is 9.55. The molecule has 1 aromatic carbocycles. The van der Waals surface area contributed by atoms with Crippen LogP contribution in [-0.4, -0.2) is 46.1 Å². The highest BCUT2D eigenvalue weighted by Gasteiger charge is 2.21. The summed E-state index contributed by atoms with van der Waals surface area (Å²) < 4.78 is 13.6. The van der Waals surface area contributed by atoms with E-state index < -0.39 is 5.95 Å². The maximum absolute atomic E-state index is 13.6. The molecular formula is C22H19FN6. The van der Waals surface area contributed by atoms with Gasteiger partial charge in [0.05, 0.1) is 5.52 Å². The second kappa shape index (κ2) is 7.43. The van der Waals surface area contributed by atoms with Gasteiger partial charge in [-0.05, 0) is 41.5 Å². The van der Waals surface area contributed by atoms with Gasteiger partial charge >= 0.3 is 0 Å². The molecule has 0 saturated carbocycles. The molecule has 0 atom stereocenters. The molecule has 4 aromatic rings. The van der Waals surface area contributed by atoms with Crippen molar-refractivity contribution in [3.05, 3.63) is 73.2 Å². The molecule has 144 valence electrons. The van der Waals surface area contributed by atoms with E-state index in [4.69, 9.17) is 0 Å². The number of halogens is 1. The molecule has 0 aliphatic carbocycles. The van der Waals surface area contributed by atoms with Crippen molar-refractivity contribution < 1.29 is 4.39 Å². The molecule has 4 heterocycles. The molecule has 6 nitrogen and oxygen atoms in total. The van der Waals surface area contributed by atoms with Gasteiger partial charge in [0.15, 0.2) is 0 Å². The van der Waals surface area contributed by atoms with Crippen molar-refractivity contribution >= 4 is 22.5 Å². The highest BCUT2D eigenvalue weighted by Crippen LogP contribution is 2.29. The zero-order valence-corrected chi connectivity index (χ0v) is 15.7. The number of anilines is 2. The average Bonchev–Trinajstić information content (AvgIpc) is 2.79. The molecule has 0 bridgehead atoms. The Balaban J connectivity index is 1.45. The molecule has 29 heavy (non-hydrogen) atoms. The third-order valence-corrected chi connectivity index (χ3v) is 5.23. The van der Waals surface area contributed by atoms with Gasteiger partial charge in [0.1, 0.15) is 18.0 Å². The van der Waals surface area contributed by atoms with Gasteiger partial charge in [0.2, 0.25) is 5.95 Å². The lowest BCUT2D eigenvalue weighted by Gasteiger charge is -2.36. The molecule has 0 N–H and O–H groups in total. The number of nitrogens with zero attached hydrogens (tertiary/aromatic N) is 6. The largest absolute Gasteiger partial charge is 0.353 e. The Hall–Kier alpha value is -3.61. The molecule has 7 heteroatoms. The predicted octanol–water partition coefficient (Wildman–Crippen LogP) is 3.55. The number of fused-ring (bicyclic) bond motifs is 1. The van der Waals surface area contributed by atoms with Crippen LogP contribution in [0, 0.1) is 5.95 Å². The Labute approximate surface area is 167 Å². The van der Waals surface area contributed by atoms with Gasteiger partial charge in [0.25, 0.3) is 0 Å². The van der Waals surface area contributed by atoms with Gasteiger partial charge in [-0.1, -0.05) is 12.1 Å². The maximum Gasteiger partial charge on any atom is 0.213 e. The summed E-state index contributed by atoms with van der Waals surface area (Å²) in [5.74, 6) is 1.42. The van der Waals surface area contributed by atoms with Crippen molar-refractivity contribution in [3.8, 4) is 11.1 Å². The fraction of sp³-hybridized carbons (Fsp3) is 0.182. The van der Waals surface area contributed by atoms with Crippen LogP contribution in [0.4, 0.5) is 16.0 Å². The number of rotatable bonds is 3. The summed E-state index contributed by atoms with van der Waals surface area (Å²) in [4.78, 5) is 21.6. The molecule has 1 aliphatic rings. The maximum atomic E-state index is 13.6. The van der Waals surface area contributed by atoms with Crippen LogP contribution in [0.2, 0.25) is 0 Å². The van der Waals surface area contributed by atoms with Crippen molar-refractivity contribution in [1.82, 2.24) is 19.9 Å². The summed E-state index contributed by atoms with van der Waals surface area (Å²) in [5, 5.41) is 0.966. The molecule has 1 aliphatic heterocycles. The van der Waals surface area contributed by atoms with Crippen molar-refractivity contribution in [2.75, 3.05) is 36.0 Å². The predicted molar refractivity (Wildman–Crippen MR) is 111 cm³/mol. The minimum absolute atomic E-state index is 0.488. The molecule has 3 aromatic heterocycles. The molecule has 5 rings (SSSR count). The second-order valence-corrected chi connectivity index (χ2v) is 6.96. The van der Waals surface area contributed by atoms with Gasteiger partial charge in [0, 0.05) is 50.0 Å². The molecule has 0 radical (unpaired) electrons. The topological polar surface area (TPSA) is 58.0 Å². The van der Waals surface area contributed by atoms with Crippen LogP contribution < -0.4 is 9.80 Å². The Bertz CT molecular complexity index is 1140. The van der Waals surface area contributed by atoms with E-state index >= 15 is 0 Å². The normalized spacial score (nSPS) is 14.4. The number of hydrogen-bond acceptors (Lipinski definition) is 6. The highest BCUT2D eigenvalue weighted by molar-refractivity contribution is 5.93. The summed E-state index contributed by atoms with van der Waals surface area (Å²) in [7, 11) is 0. The summed E-state index contributed by atoms with van der Waals surface area (Å²) >= 11 is 0. The standard InChI is InChI=1S/C22H19FN6/c23-20-14-17(6-8-24-20)16-4-5-19-18(13-16)22(27-15-26-19)29-11-9-28(10-12-29)21-3-1-2-7-25-21/h1-8,13-15H,9-12H2. The van der Waals surface area contributed by atoms with Gasteiger partial charge in [-0.3, -0.25) is 0 Å². The number of benzene rings is 1. The Morgan fingerprint density at radius 3 is 2.34 bits per heavy atom. The SMILES string of the molecule is Fc1cc(-c2ccc3ncnc(N4CCN(c5ccccn5)CC4)c3c2)ccn1. The summed E-state index contributed by atoms with van der Waals surface area (Å²) in [6, 6.07) is 15.2. The van der Waals surface area contributed by atoms with E-state index in [-0.39, 0.29) is 0 Å². The van der Waals surface area contributed by atoms with E-state index in [9.17, 15) is 4.39 Å². The lowest BCUT2D eigenvalue weighted by atomic mass is 10.0. The Morgan fingerprint density at radius 1 is 0.724 bits per heavy atom. The van der Waals surface area contributed by atoms with Crippen molar-refractivity contribution in [3.63, 3.8) is 0 Å². The quantitative estimate of drug-likeness (QED) is 0.502. The number of aromatic nitrogens is 4. The van der Waals surface area contributed by atoms with E-state index in [1.165, 1.54) is 12.3 Å². The first kappa shape index (κ1) is 17.5. The van der Waals surface area contributed by atoms with E-state index in [0.29, 0.717) is 0 Å². The number of hydrogen-bond donors (Lipinski definition) is 0. The molecule has 1 fully saturated rings. The van der Waals surface area contributed by atoms with Crippen LogP contribution in [0.1, 0.15) is 0 Å². The molecule has 0 unspecified atom stereocenters. The lowest BCUT2D eigenvalue weighted by Crippen LogP contribution is -2.47. The van der Waals surface area contributed by atoms with Crippen LogP contribution in [0.25, 0.3) is 22.0 Å². The third-order valence-electron chi connectivity index (χ3n) is 5.23. The monoisotopic (exact) mass is 386 g/mol. The van der Waals surface area contributed by atoms with Gasteiger partial charge < -0.3 is 9.80 Å². The van der Waals surface area contributed by atoms with Crippen LogP contribution in [0.3, 0.4) is 0 Å². The number of piperazine rings is 1. The summed E-state index contributed by atoms with van der Waals surface area (Å²) in [6.07, 6.45) is 4.91. The third kappa shape index (κ3) is 3.47. The van der Waals surface area contributed by atoms with Crippen LogP contribution >= 0.6 is 0 Å². The summed E-state index contributed by atoms with van der Waals surface area (Å²) in [5.41, 5.74) is 2.58. The fourth-order valence-electron chi connectivity index (χ4n) is 3.74. The van der Waals surface area contributed by atoms with Gasteiger partial charge in [-0.2, -0.15) is 4.39 Å². The van der Waals surface area contributed by atoms with Gasteiger partial charge in [-0.15, -0.1) is 0 Å². The van der Waals surface area contributed by atoms with Crippen molar-refractivity contribution in [2.45, 2.75) is 0 Å². The zero-order chi connectivity index (χ0) is 19.6. The minimum atomic E-state index is -0.488. The first-order chi connectivity index (χ1) is 14.3. The minimum Gasteiger partial charge on any atom is -0.353 e. The molecular weight excluding hydrogens is 367 g/mol. The molecule has 0 amide bonds. The highest BCUT2D eigenvalue weighted by atomic mass is 19.1. The fourth-order valence-corrected chi connectivity index (χ4v) is 3.74. The van der Waals surface area contributed by atoms with Gasteiger partial charge in [-0.25, -0.2) is 19.9 Å². The van der Waals surface area contributed by atoms with Crippen LogP contribution in [0.15, 0.2) is 67.3 Å². The second-order valence-electron chi connectivity index (χ2n) is 6.96. The Kier molecular flexibility index (Phi) is 4.48. The average molecular weight is 386 g/mol. The van der Waals surface area contributed by atoms with Crippen LogP contribution in [0.5, 0.6) is 0 Å². The molecule has 0 spiro atoms. The van der Waals surface area contributed by atoms with E-state index in [1.807, 2.05) is 42.6 Å². The van der Waals surface area contributed by atoms with E-state index in [0.717, 1.165) is 59.8 Å². The zero-order valence-electron chi connectivity index (χ0n) is 15.7. The van der Waals surface area contributed by atoms with E-state index in [1.54, 1.807) is 12.4 Å². The number of pyridine rings is 2. The molecule has 1 saturated heterocycles. The van der Waals surface area contributed by atoms with Crippen molar-refractivity contribution in [2.24, 2.45) is 0 Å². The smallest absolute Gasteiger partial charge is 0.213 e. The summed E-state index contributed by atoms with van der Waals surface area (Å²) in [6.45, 7) is 3.43. The first-order valence-corrected chi connectivity index (χ1v) is 9.55. The van der Waals surface area contributed by atoms with E-state index in [2.05, 4.69) is 29.7 Å². The van der Waals surface area contributed by atoms with Crippen molar-refractivity contribution in [1.29, 1.82) is 0 Å².